The van der Waals surface area contributed by atoms with Gasteiger partial charge < -0.3 is 19.9 Å². The molecular weight excluding hydrogens is 354 g/mol. The predicted molar refractivity (Wildman–Crippen MR) is 111 cm³/mol. The van der Waals surface area contributed by atoms with E-state index in [-0.39, 0.29) is 24.9 Å². The van der Waals surface area contributed by atoms with Crippen molar-refractivity contribution >= 4 is 17.5 Å². The summed E-state index contributed by atoms with van der Waals surface area (Å²) in [5.74, 6) is 0.686. The first-order chi connectivity index (χ1) is 13.3. The molecule has 0 radical (unpaired) electrons. The zero-order chi connectivity index (χ0) is 20.7. The quantitative estimate of drug-likeness (QED) is 0.724. The van der Waals surface area contributed by atoms with Gasteiger partial charge in [0.2, 0.25) is 0 Å². The van der Waals surface area contributed by atoms with Crippen molar-refractivity contribution in [3.63, 3.8) is 0 Å². The number of quaternary nitrogens is 1. The second-order valence-corrected chi connectivity index (χ2v) is 7.22. The fraction of sp³-hybridized carbons (Fsp3) is 0.364. The van der Waals surface area contributed by atoms with E-state index >= 15 is 0 Å². The highest BCUT2D eigenvalue weighted by Gasteiger charge is 2.18. The smallest absolute Gasteiger partial charge is 0.279 e. The van der Waals surface area contributed by atoms with E-state index in [1.165, 1.54) is 0 Å². The van der Waals surface area contributed by atoms with Crippen LogP contribution in [0.25, 0.3) is 0 Å². The van der Waals surface area contributed by atoms with Gasteiger partial charge in [-0.15, -0.1) is 0 Å². The molecule has 6 heteroatoms. The van der Waals surface area contributed by atoms with Gasteiger partial charge in [-0.1, -0.05) is 30.3 Å². The van der Waals surface area contributed by atoms with Crippen LogP contribution >= 0.6 is 0 Å². The molecule has 0 bridgehead atoms. The Morgan fingerprint density at radius 3 is 2.21 bits per heavy atom. The predicted octanol–water partition coefficient (Wildman–Crippen LogP) is 1.42. The first-order valence-electron chi connectivity index (χ1n) is 9.34. The van der Waals surface area contributed by atoms with Gasteiger partial charge in [-0.25, -0.2) is 0 Å². The van der Waals surface area contributed by atoms with Crippen molar-refractivity contribution in [1.29, 1.82) is 0 Å². The summed E-state index contributed by atoms with van der Waals surface area (Å²) in [6.07, 6.45) is 0. The molecule has 0 aromatic heterocycles. The van der Waals surface area contributed by atoms with Gasteiger partial charge in [0.25, 0.3) is 11.8 Å². The number of anilines is 1. The van der Waals surface area contributed by atoms with E-state index in [1.807, 2.05) is 63.4 Å². The number of ether oxygens (including phenoxy) is 1. The number of hydrogen-bond acceptors (Lipinski definition) is 3. The number of rotatable bonds is 8. The lowest BCUT2D eigenvalue weighted by Gasteiger charge is -2.20. The molecule has 2 aromatic rings. The zero-order valence-electron chi connectivity index (χ0n) is 17.3. The van der Waals surface area contributed by atoms with Crippen molar-refractivity contribution in [2.24, 2.45) is 0 Å². The van der Waals surface area contributed by atoms with Crippen molar-refractivity contribution < 1.29 is 19.2 Å². The number of carbonyl (C=O) groups is 2. The molecule has 0 spiro atoms. The topological polar surface area (TPSA) is 63.1 Å². The largest absolute Gasteiger partial charge is 0.497 e. The first-order valence-corrected chi connectivity index (χ1v) is 9.34. The van der Waals surface area contributed by atoms with Crippen LogP contribution in [0.15, 0.2) is 42.5 Å². The second kappa shape index (κ2) is 9.90. The summed E-state index contributed by atoms with van der Waals surface area (Å²) in [7, 11) is 5.25. The van der Waals surface area contributed by atoms with Crippen molar-refractivity contribution in [2.45, 2.75) is 20.4 Å². The molecule has 0 aliphatic carbocycles. The van der Waals surface area contributed by atoms with E-state index in [4.69, 9.17) is 4.74 Å². The van der Waals surface area contributed by atoms with Gasteiger partial charge in [0.05, 0.1) is 14.2 Å². The molecule has 1 atom stereocenters. The molecule has 6 nitrogen and oxygen atoms in total. The van der Waals surface area contributed by atoms with E-state index in [0.717, 1.165) is 33.0 Å². The summed E-state index contributed by atoms with van der Waals surface area (Å²) in [5.41, 5.74) is 3.94. The number of carbonyl (C=O) groups excluding carboxylic acids is 2. The van der Waals surface area contributed by atoms with Crippen molar-refractivity contribution in [3.8, 4) is 5.75 Å². The lowest BCUT2D eigenvalue weighted by atomic mass is 10.1. The van der Waals surface area contributed by atoms with Gasteiger partial charge in [-0.2, -0.15) is 0 Å². The maximum absolute atomic E-state index is 12.5. The molecule has 0 heterocycles. The van der Waals surface area contributed by atoms with Crippen LogP contribution in [0.3, 0.4) is 0 Å². The molecule has 28 heavy (non-hydrogen) atoms. The zero-order valence-corrected chi connectivity index (χ0v) is 17.3. The van der Waals surface area contributed by atoms with Gasteiger partial charge in [-0.05, 0) is 42.7 Å². The average Bonchev–Trinajstić information content (AvgIpc) is 2.65. The number of hydrogen-bond donors (Lipinski definition) is 2. The van der Waals surface area contributed by atoms with Gasteiger partial charge >= 0.3 is 0 Å². The number of likely N-dealkylation sites (N-methyl/N-ethyl adjacent to an activating group) is 2. The second-order valence-electron chi connectivity index (χ2n) is 7.22. The van der Waals surface area contributed by atoms with Crippen LogP contribution in [0.1, 0.15) is 16.7 Å². The molecule has 1 unspecified atom stereocenters. The highest BCUT2D eigenvalue weighted by atomic mass is 16.5. The summed E-state index contributed by atoms with van der Waals surface area (Å²) < 4.78 is 5.15. The molecule has 150 valence electrons. The molecule has 2 aromatic carbocycles. The van der Waals surface area contributed by atoms with Crippen LogP contribution < -0.4 is 15.0 Å². The Labute approximate surface area is 167 Å². The summed E-state index contributed by atoms with van der Waals surface area (Å²) >= 11 is 0. The number of nitrogens with zero attached hydrogens (tertiary/aromatic N) is 1. The third-order valence-corrected chi connectivity index (χ3v) is 4.67. The summed E-state index contributed by atoms with van der Waals surface area (Å²) in [6.45, 7) is 4.95. The number of para-hydroxylation sites is 1. The van der Waals surface area contributed by atoms with Crippen molar-refractivity contribution in [2.75, 3.05) is 39.6 Å². The molecule has 2 rings (SSSR count). The molecule has 0 aliphatic rings. The van der Waals surface area contributed by atoms with E-state index in [0.29, 0.717) is 6.54 Å². The molecule has 0 fully saturated rings. The summed E-state index contributed by atoms with van der Waals surface area (Å²) in [6, 6.07) is 13.5. The van der Waals surface area contributed by atoms with Crippen LogP contribution in [0.2, 0.25) is 0 Å². The third-order valence-electron chi connectivity index (χ3n) is 4.67. The molecule has 0 saturated carbocycles. The number of nitrogens with one attached hydrogen (secondary N) is 2. The highest BCUT2D eigenvalue weighted by Crippen LogP contribution is 2.18. The first kappa shape index (κ1) is 21.4. The minimum absolute atomic E-state index is 0.00631. The summed E-state index contributed by atoms with van der Waals surface area (Å²) in [4.78, 5) is 27.4. The molecule has 2 N–H and O–H groups in total. The van der Waals surface area contributed by atoms with E-state index in [1.54, 1.807) is 19.1 Å². The normalized spacial score (nSPS) is 11.6. The van der Waals surface area contributed by atoms with Gasteiger partial charge in [-0.3, -0.25) is 9.59 Å². The Morgan fingerprint density at radius 1 is 1.04 bits per heavy atom. The molecule has 0 saturated heterocycles. The summed E-state index contributed by atoms with van der Waals surface area (Å²) in [5, 5.41) is 2.97. The number of aryl methyl sites for hydroxylation is 2. The van der Waals surface area contributed by atoms with E-state index in [2.05, 4.69) is 5.32 Å². The Kier molecular flexibility index (Phi) is 7.58. The SMILES string of the molecule is COc1ccc(CN(C)C(=O)C[NH+](C)CC(=O)Nc2c(C)cccc2C)cc1. The minimum atomic E-state index is -0.0968. The minimum Gasteiger partial charge on any atom is -0.497 e. The van der Waals surface area contributed by atoms with Gasteiger partial charge in [0, 0.05) is 19.3 Å². The van der Waals surface area contributed by atoms with Crippen molar-refractivity contribution in [3.05, 3.63) is 59.2 Å². The van der Waals surface area contributed by atoms with Crippen LogP contribution in [-0.2, 0) is 16.1 Å². The molecular formula is C22H30N3O3+. The fourth-order valence-electron chi connectivity index (χ4n) is 3.02. The highest BCUT2D eigenvalue weighted by molar-refractivity contribution is 5.93. The van der Waals surface area contributed by atoms with Crippen LogP contribution in [0.4, 0.5) is 5.69 Å². The van der Waals surface area contributed by atoms with Gasteiger partial charge in [0.15, 0.2) is 13.1 Å². The monoisotopic (exact) mass is 384 g/mol. The number of amides is 2. The fourth-order valence-corrected chi connectivity index (χ4v) is 3.02. The van der Waals surface area contributed by atoms with Crippen LogP contribution in [-0.4, -0.2) is 51.0 Å². The Hall–Kier alpha value is -2.86. The van der Waals surface area contributed by atoms with Crippen LogP contribution in [0.5, 0.6) is 5.75 Å². The molecule has 2 amide bonds. The Bertz CT molecular complexity index is 798. The van der Waals surface area contributed by atoms with E-state index < -0.39 is 0 Å². The maximum Gasteiger partial charge on any atom is 0.279 e. The number of benzene rings is 2. The third kappa shape index (κ3) is 6.09. The van der Waals surface area contributed by atoms with Gasteiger partial charge in [0.1, 0.15) is 5.75 Å². The average molecular weight is 385 g/mol. The molecule has 0 aliphatic heterocycles. The Morgan fingerprint density at radius 2 is 1.64 bits per heavy atom. The standard InChI is InChI=1S/C22H29N3O3/c1-16-7-6-8-17(2)22(16)23-20(26)14-24(3)15-21(27)25(4)13-18-9-11-19(28-5)12-10-18/h6-12H,13-15H2,1-5H3,(H,23,26)/p+1. The maximum atomic E-state index is 12.5. The van der Waals surface area contributed by atoms with E-state index in [9.17, 15) is 9.59 Å². The Balaban J connectivity index is 1.84. The van der Waals surface area contributed by atoms with Crippen LogP contribution in [0, 0.1) is 13.8 Å². The van der Waals surface area contributed by atoms with Crippen molar-refractivity contribution in [1.82, 2.24) is 4.90 Å². The number of methoxy groups -OCH3 is 1. The lowest BCUT2D eigenvalue weighted by molar-refractivity contribution is -0.862. The lowest BCUT2D eigenvalue weighted by Crippen LogP contribution is -3.11.